The molecule has 0 bridgehead atoms. The summed E-state index contributed by atoms with van der Waals surface area (Å²) in [6, 6.07) is 0. The van der Waals surface area contributed by atoms with Crippen LogP contribution in [0.1, 0.15) is 44.9 Å². The maximum Gasteiger partial charge on any atom is 0.314 e. The van der Waals surface area contributed by atoms with Crippen molar-refractivity contribution in [3.8, 4) is 0 Å². The lowest BCUT2D eigenvalue weighted by Gasteiger charge is -2.38. The van der Waals surface area contributed by atoms with Crippen LogP contribution in [0.5, 0.6) is 0 Å². The van der Waals surface area contributed by atoms with Gasteiger partial charge in [0.25, 0.3) is 0 Å². The minimum Gasteiger partial charge on any atom is -0.469 e. The minimum atomic E-state index is -0.708. The Bertz CT molecular complexity index is 288. The van der Waals surface area contributed by atoms with Crippen molar-refractivity contribution in [3.63, 3.8) is 0 Å². The number of hydrogen-bond acceptors (Lipinski definition) is 4. The number of allylic oxidation sites excluding steroid dienone is 1. The molecule has 0 radical (unpaired) electrons. The monoisotopic (exact) mass is 256 g/mol. The van der Waals surface area contributed by atoms with Gasteiger partial charge in [-0.15, -0.1) is 0 Å². The lowest BCUT2D eigenvalue weighted by molar-refractivity contribution is -0.165. The first-order chi connectivity index (χ1) is 8.67. The SMILES string of the molecule is COC(=O)[C@]1(CCC/C=C/CO)CCCC[C@@H]1O. The number of carbonyl (C=O) groups excluding carboxylic acids is 1. The molecule has 1 aliphatic carbocycles. The molecule has 0 unspecified atom stereocenters. The summed E-state index contributed by atoms with van der Waals surface area (Å²) < 4.78 is 4.88. The van der Waals surface area contributed by atoms with Crippen molar-refractivity contribution in [3.05, 3.63) is 12.2 Å². The summed E-state index contributed by atoms with van der Waals surface area (Å²) >= 11 is 0. The van der Waals surface area contributed by atoms with Crippen molar-refractivity contribution in [2.24, 2.45) is 5.41 Å². The van der Waals surface area contributed by atoms with Crippen LogP contribution >= 0.6 is 0 Å². The molecule has 18 heavy (non-hydrogen) atoms. The molecule has 4 heteroatoms. The first-order valence-corrected chi connectivity index (χ1v) is 6.69. The van der Waals surface area contributed by atoms with Gasteiger partial charge in [0.1, 0.15) is 0 Å². The van der Waals surface area contributed by atoms with E-state index in [1.165, 1.54) is 7.11 Å². The van der Waals surface area contributed by atoms with Crippen LogP contribution in [0.2, 0.25) is 0 Å². The zero-order valence-electron chi connectivity index (χ0n) is 11.1. The maximum absolute atomic E-state index is 12.0. The van der Waals surface area contributed by atoms with E-state index in [2.05, 4.69) is 0 Å². The quantitative estimate of drug-likeness (QED) is 0.432. The van der Waals surface area contributed by atoms with E-state index in [1.807, 2.05) is 6.08 Å². The highest BCUT2D eigenvalue weighted by atomic mass is 16.5. The van der Waals surface area contributed by atoms with Gasteiger partial charge < -0.3 is 14.9 Å². The molecule has 0 aromatic carbocycles. The van der Waals surface area contributed by atoms with E-state index in [-0.39, 0.29) is 12.6 Å². The molecule has 104 valence electrons. The number of carbonyl (C=O) groups is 1. The fourth-order valence-electron chi connectivity index (χ4n) is 2.78. The van der Waals surface area contributed by atoms with Crippen molar-refractivity contribution < 1.29 is 19.7 Å². The van der Waals surface area contributed by atoms with Crippen LogP contribution in [0, 0.1) is 5.41 Å². The molecular weight excluding hydrogens is 232 g/mol. The van der Waals surface area contributed by atoms with E-state index in [0.29, 0.717) is 19.3 Å². The third kappa shape index (κ3) is 3.56. The molecule has 0 aliphatic heterocycles. The Hall–Kier alpha value is -0.870. The van der Waals surface area contributed by atoms with Gasteiger partial charge in [0.15, 0.2) is 0 Å². The highest BCUT2D eigenvalue weighted by molar-refractivity contribution is 5.77. The minimum absolute atomic E-state index is 0.0464. The molecule has 0 saturated heterocycles. The molecule has 1 fully saturated rings. The van der Waals surface area contributed by atoms with Crippen molar-refractivity contribution in [1.82, 2.24) is 0 Å². The second kappa shape index (κ2) is 7.54. The number of rotatable bonds is 6. The molecule has 0 amide bonds. The van der Waals surface area contributed by atoms with E-state index < -0.39 is 11.5 Å². The average molecular weight is 256 g/mol. The van der Waals surface area contributed by atoms with Gasteiger partial charge in [0, 0.05) is 0 Å². The third-order valence-corrected chi connectivity index (χ3v) is 3.85. The largest absolute Gasteiger partial charge is 0.469 e. The summed E-state index contributed by atoms with van der Waals surface area (Å²) in [6.45, 7) is 0.0464. The number of esters is 1. The van der Waals surface area contributed by atoms with Crippen molar-refractivity contribution >= 4 is 5.97 Å². The van der Waals surface area contributed by atoms with E-state index in [9.17, 15) is 9.90 Å². The average Bonchev–Trinajstić information content (AvgIpc) is 2.39. The number of methoxy groups -OCH3 is 1. The summed E-state index contributed by atoms with van der Waals surface area (Å²) in [6.07, 6.45) is 8.64. The normalized spacial score (nSPS) is 28.5. The van der Waals surface area contributed by atoms with E-state index >= 15 is 0 Å². The fourth-order valence-corrected chi connectivity index (χ4v) is 2.78. The van der Waals surface area contributed by atoms with Crippen LogP contribution in [-0.4, -0.2) is 36.0 Å². The van der Waals surface area contributed by atoms with Gasteiger partial charge in [0.05, 0.1) is 25.2 Å². The molecule has 1 saturated carbocycles. The summed E-state index contributed by atoms with van der Waals surface area (Å²) in [5, 5.41) is 18.8. The van der Waals surface area contributed by atoms with Crippen molar-refractivity contribution in [2.75, 3.05) is 13.7 Å². The summed E-state index contributed by atoms with van der Waals surface area (Å²) in [5.41, 5.74) is -0.708. The van der Waals surface area contributed by atoms with Crippen LogP contribution in [0.4, 0.5) is 0 Å². The van der Waals surface area contributed by atoms with Gasteiger partial charge >= 0.3 is 5.97 Å². The molecule has 2 atom stereocenters. The van der Waals surface area contributed by atoms with Gasteiger partial charge in [-0.1, -0.05) is 25.0 Å². The zero-order valence-corrected chi connectivity index (χ0v) is 11.1. The molecule has 2 N–H and O–H groups in total. The lowest BCUT2D eigenvalue weighted by atomic mass is 9.69. The summed E-state index contributed by atoms with van der Waals surface area (Å²) in [4.78, 5) is 12.0. The third-order valence-electron chi connectivity index (χ3n) is 3.85. The van der Waals surface area contributed by atoms with E-state index in [4.69, 9.17) is 9.84 Å². The second-order valence-corrected chi connectivity index (χ2v) is 4.96. The predicted molar refractivity (Wildman–Crippen MR) is 69.0 cm³/mol. The molecular formula is C14H24O4. The summed E-state index contributed by atoms with van der Waals surface area (Å²) in [5.74, 6) is -0.277. The number of aliphatic hydroxyl groups excluding tert-OH is 2. The van der Waals surface area contributed by atoms with Crippen molar-refractivity contribution in [2.45, 2.75) is 51.0 Å². The summed E-state index contributed by atoms with van der Waals surface area (Å²) in [7, 11) is 1.39. The molecule has 1 aliphatic rings. The lowest BCUT2D eigenvalue weighted by Crippen LogP contribution is -2.45. The molecule has 0 aromatic heterocycles. The van der Waals surface area contributed by atoms with Crippen LogP contribution in [0.3, 0.4) is 0 Å². The molecule has 1 rings (SSSR count). The van der Waals surface area contributed by atoms with Gasteiger partial charge in [-0.2, -0.15) is 0 Å². The standard InChI is InChI=1S/C14H24O4/c1-18-13(17)14(9-5-2-3-7-11-15)10-6-4-8-12(14)16/h3,7,12,15-16H,2,4-6,8-11H2,1H3/b7-3+/t12-,14+/m0/s1. The van der Waals surface area contributed by atoms with Crippen LogP contribution < -0.4 is 0 Å². The number of hydrogen-bond donors (Lipinski definition) is 2. The van der Waals surface area contributed by atoms with Crippen LogP contribution in [0.25, 0.3) is 0 Å². The Morgan fingerprint density at radius 2 is 2.22 bits per heavy atom. The van der Waals surface area contributed by atoms with E-state index in [1.54, 1.807) is 6.08 Å². The number of unbranched alkanes of at least 4 members (excludes halogenated alkanes) is 1. The Balaban J connectivity index is 2.60. The smallest absolute Gasteiger partial charge is 0.314 e. The Labute approximate surface area is 109 Å². The highest BCUT2D eigenvalue weighted by Crippen LogP contribution is 2.41. The van der Waals surface area contributed by atoms with Gasteiger partial charge in [0.2, 0.25) is 0 Å². The zero-order chi connectivity index (χ0) is 13.4. The first kappa shape index (κ1) is 15.2. The van der Waals surface area contributed by atoms with Crippen LogP contribution in [0.15, 0.2) is 12.2 Å². The van der Waals surface area contributed by atoms with E-state index in [0.717, 1.165) is 25.7 Å². The molecule has 0 spiro atoms. The highest BCUT2D eigenvalue weighted by Gasteiger charge is 2.46. The molecule has 4 nitrogen and oxygen atoms in total. The van der Waals surface area contributed by atoms with Crippen molar-refractivity contribution in [1.29, 1.82) is 0 Å². The Kier molecular flexibility index (Phi) is 6.36. The number of aliphatic hydroxyl groups is 2. The molecule has 0 aromatic rings. The molecule has 0 heterocycles. The van der Waals surface area contributed by atoms with Gasteiger partial charge in [-0.05, 0) is 32.1 Å². The maximum atomic E-state index is 12.0. The fraction of sp³-hybridized carbons (Fsp3) is 0.786. The number of ether oxygens (including phenoxy) is 1. The topological polar surface area (TPSA) is 66.8 Å². The Morgan fingerprint density at radius 3 is 2.83 bits per heavy atom. The predicted octanol–water partition coefficient (Wildman–Crippen LogP) is 1.80. The van der Waals surface area contributed by atoms with Crippen LogP contribution in [-0.2, 0) is 9.53 Å². The van der Waals surface area contributed by atoms with Gasteiger partial charge in [-0.25, -0.2) is 0 Å². The first-order valence-electron chi connectivity index (χ1n) is 6.69. The Morgan fingerprint density at radius 1 is 1.44 bits per heavy atom. The second-order valence-electron chi connectivity index (χ2n) is 4.96. The van der Waals surface area contributed by atoms with Gasteiger partial charge in [-0.3, -0.25) is 4.79 Å².